The molecule has 0 atom stereocenters. The molecule has 0 radical (unpaired) electrons. The topological polar surface area (TPSA) is 53.4 Å². The van der Waals surface area contributed by atoms with Crippen LogP contribution in [0, 0.1) is 0 Å². The van der Waals surface area contributed by atoms with Crippen LogP contribution in [0.5, 0.6) is 0 Å². The van der Waals surface area contributed by atoms with Gasteiger partial charge in [-0.15, -0.1) is 11.3 Å². The summed E-state index contributed by atoms with van der Waals surface area (Å²) in [5.41, 5.74) is 1.01. The average molecular weight is 304 g/mol. The van der Waals surface area contributed by atoms with Gasteiger partial charge in [0.15, 0.2) is 0 Å². The molecule has 88 valence electrons. The Morgan fingerprint density at radius 3 is 2.69 bits per heavy atom. The number of fused-ring (bicyclic) bond motifs is 1. The summed E-state index contributed by atoms with van der Waals surface area (Å²) in [6, 6.07) is 6.01. The van der Waals surface area contributed by atoms with E-state index in [-0.39, 0.29) is 13.2 Å². The van der Waals surface area contributed by atoms with Crippen molar-refractivity contribution in [3.8, 4) is 0 Å². The van der Waals surface area contributed by atoms with Crippen molar-refractivity contribution in [1.82, 2.24) is 4.98 Å². The zero-order valence-corrected chi connectivity index (χ0v) is 11.4. The molecule has 3 nitrogen and oxygen atoms in total. The molecule has 0 aliphatic carbocycles. The number of aliphatic hydroxyl groups excluding tert-OH is 2. The smallest absolute Gasteiger partial charge is 0.0961 e. The Morgan fingerprint density at radius 2 is 2.06 bits per heavy atom. The van der Waals surface area contributed by atoms with E-state index in [1.807, 2.05) is 18.2 Å². The third kappa shape index (κ3) is 3.83. The van der Waals surface area contributed by atoms with Crippen molar-refractivity contribution >= 4 is 37.5 Å². The Morgan fingerprint density at radius 1 is 1.38 bits per heavy atom. The maximum absolute atomic E-state index is 8.76. The second-order valence-electron chi connectivity index (χ2n) is 3.01. The van der Waals surface area contributed by atoms with Crippen LogP contribution < -0.4 is 0 Å². The van der Waals surface area contributed by atoms with Crippen LogP contribution in [0.1, 0.15) is 11.9 Å². The van der Waals surface area contributed by atoms with Crippen LogP contribution in [-0.4, -0.2) is 28.4 Å². The number of nitrogens with zero attached hydrogens (tertiary/aromatic N) is 1. The van der Waals surface area contributed by atoms with Crippen molar-refractivity contribution in [1.29, 1.82) is 0 Å². The number of aliphatic hydroxyl groups is 2. The van der Waals surface area contributed by atoms with E-state index in [9.17, 15) is 0 Å². The van der Waals surface area contributed by atoms with Crippen molar-refractivity contribution in [2.45, 2.75) is 13.3 Å². The molecule has 2 N–H and O–H groups in total. The third-order valence-electron chi connectivity index (χ3n) is 1.72. The Labute approximate surface area is 107 Å². The van der Waals surface area contributed by atoms with Crippen LogP contribution >= 0.6 is 27.3 Å². The summed E-state index contributed by atoms with van der Waals surface area (Å²) in [6.07, 6.45) is 0.650. The molecule has 0 spiro atoms. The fourth-order valence-corrected chi connectivity index (χ4v) is 2.66. The molecule has 0 fully saturated rings. The van der Waals surface area contributed by atoms with Crippen molar-refractivity contribution in [3.63, 3.8) is 0 Å². The standard InChI is InChI=1S/C9H8BrNOS.C2H6O/c10-6-1-2-7-8(5-6)13-9(11-7)3-4-12;1-2-3/h1-2,5,12H,3-4H2;3H,2H2,1H3. The zero-order chi connectivity index (χ0) is 12.0. The van der Waals surface area contributed by atoms with E-state index in [2.05, 4.69) is 20.9 Å². The van der Waals surface area contributed by atoms with Crippen LogP contribution in [0.4, 0.5) is 0 Å². The van der Waals surface area contributed by atoms with E-state index >= 15 is 0 Å². The van der Waals surface area contributed by atoms with Crippen molar-refractivity contribution in [2.24, 2.45) is 0 Å². The lowest BCUT2D eigenvalue weighted by atomic mass is 10.3. The van der Waals surface area contributed by atoms with Gasteiger partial charge in [0.05, 0.1) is 15.2 Å². The molecule has 0 saturated heterocycles. The van der Waals surface area contributed by atoms with Gasteiger partial charge in [-0.25, -0.2) is 4.98 Å². The first-order valence-electron chi connectivity index (χ1n) is 4.98. The lowest BCUT2D eigenvalue weighted by Gasteiger charge is -1.87. The van der Waals surface area contributed by atoms with Gasteiger partial charge in [-0.3, -0.25) is 0 Å². The predicted molar refractivity (Wildman–Crippen MR) is 70.9 cm³/mol. The van der Waals surface area contributed by atoms with Crippen molar-refractivity contribution in [2.75, 3.05) is 13.2 Å². The van der Waals surface area contributed by atoms with E-state index in [0.717, 1.165) is 19.7 Å². The first-order valence-corrected chi connectivity index (χ1v) is 6.59. The summed E-state index contributed by atoms with van der Waals surface area (Å²) in [4.78, 5) is 4.38. The molecule has 1 heterocycles. The van der Waals surface area contributed by atoms with Gasteiger partial charge in [-0.1, -0.05) is 15.9 Å². The van der Waals surface area contributed by atoms with Gasteiger partial charge in [0.2, 0.25) is 0 Å². The second kappa shape index (κ2) is 6.96. The number of thiazole rings is 1. The number of hydrogen-bond acceptors (Lipinski definition) is 4. The van der Waals surface area contributed by atoms with Gasteiger partial charge < -0.3 is 10.2 Å². The molecule has 1 aromatic heterocycles. The maximum Gasteiger partial charge on any atom is 0.0961 e. The predicted octanol–water partition coefficient (Wildman–Crippen LogP) is 2.59. The third-order valence-corrected chi connectivity index (χ3v) is 3.29. The lowest BCUT2D eigenvalue weighted by molar-refractivity contribution is 0.299. The van der Waals surface area contributed by atoms with Crippen molar-refractivity contribution < 1.29 is 10.2 Å². The quantitative estimate of drug-likeness (QED) is 0.896. The fourth-order valence-electron chi connectivity index (χ4n) is 1.15. The van der Waals surface area contributed by atoms with Gasteiger partial charge in [0.25, 0.3) is 0 Å². The number of hydrogen-bond donors (Lipinski definition) is 2. The highest BCUT2D eigenvalue weighted by Crippen LogP contribution is 2.25. The maximum atomic E-state index is 8.76. The normalized spacial score (nSPS) is 10.0. The molecule has 0 bridgehead atoms. The molecular weight excluding hydrogens is 290 g/mol. The summed E-state index contributed by atoms with van der Waals surface area (Å²) in [5, 5.41) is 17.3. The van der Waals surface area contributed by atoms with E-state index in [1.165, 1.54) is 0 Å². The van der Waals surface area contributed by atoms with Crippen LogP contribution in [-0.2, 0) is 6.42 Å². The highest BCUT2D eigenvalue weighted by atomic mass is 79.9. The van der Waals surface area contributed by atoms with Gasteiger partial charge >= 0.3 is 0 Å². The molecule has 2 rings (SSSR count). The molecule has 1 aromatic carbocycles. The number of aromatic nitrogens is 1. The Hall–Kier alpha value is -0.490. The Balaban J connectivity index is 0.000000386. The first kappa shape index (κ1) is 13.6. The van der Waals surface area contributed by atoms with Crippen LogP contribution in [0.25, 0.3) is 10.2 Å². The Kier molecular flexibility index (Phi) is 5.90. The molecule has 0 amide bonds. The minimum Gasteiger partial charge on any atom is -0.397 e. The summed E-state index contributed by atoms with van der Waals surface area (Å²) in [7, 11) is 0. The minimum absolute atomic E-state index is 0.168. The number of halogens is 1. The molecule has 2 aromatic rings. The minimum atomic E-state index is 0.168. The van der Waals surface area contributed by atoms with Gasteiger partial charge in [0.1, 0.15) is 0 Å². The summed E-state index contributed by atoms with van der Waals surface area (Å²) in [5.74, 6) is 0. The summed E-state index contributed by atoms with van der Waals surface area (Å²) < 4.78 is 2.23. The van der Waals surface area contributed by atoms with Gasteiger partial charge in [-0.05, 0) is 25.1 Å². The highest BCUT2D eigenvalue weighted by Gasteiger charge is 2.02. The van der Waals surface area contributed by atoms with Gasteiger partial charge in [-0.2, -0.15) is 0 Å². The summed E-state index contributed by atoms with van der Waals surface area (Å²) in [6.45, 7) is 2.10. The largest absolute Gasteiger partial charge is 0.397 e. The highest BCUT2D eigenvalue weighted by molar-refractivity contribution is 9.10. The number of benzene rings is 1. The van der Waals surface area contributed by atoms with Crippen LogP contribution in [0.3, 0.4) is 0 Å². The zero-order valence-electron chi connectivity index (χ0n) is 8.98. The Bertz CT molecular complexity index is 444. The molecule has 0 aliphatic rings. The average Bonchev–Trinajstić information content (AvgIpc) is 2.61. The van der Waals surface area contributed by atoms with Crippen molar-refractivity contribution in [3.05, 3.63) is 27.7 Å². The van der Waals surface area contributed by atoms with Gasteiger partial charge in [0, 0.05) is 24.1 Å². The molecule has 0 aliphatic heterocycles. The van der Waals surface area contributed by atoms with E-state index in [4.69, 9.17) is 10.2 Å². The van der Waals surface area contributed by atoms with E-state index in [1.54, 1.807) is 18.3 Å². The monoisotopic (exact) mass is 303 g/mol. The molecule has 5 heteroatoms. The number of rotatable bonds is 2. The fraction of sp³-hybridized carbons (Fsp3) is 0.364. The van der Waals surface area contributed by atoms with Crippen LogP contribution in [0.15, 0.2) is 22.7 Å². The molecular formula is C11H14BrNO2S. The van der Waals surface area contributed by atoms with E-state index < -0.39 is 0 Å². The lowest BCUT2D eigenvalue weighted by Crippen LogP contribution is -1.87. The van der Waals surface area contributed by atoms with E-state index in [0.29, 0.717) is 6.42 Å². The molecule has 0 unspecified atom stereocenters. The summed E-state index contributed by atoms with van der Waals surface area (Å²) >= 11 is 5.05. The first-order chi connectivity index (χ1) is 7.71. The second-order valence-corrected chi connectivity index (χ2v) is 5.04. The SMILES string of the molecule is CCO.OCCc1nc2ccc(Br)cc2s1. The molecule has 0 saturated carbocycles. The molecule has 16 heavy (non-hydrogen) atoms. The van der Waals surface area contributed by atoms with Crippen LogP contribution in [0.2, 0.25) is 0 Å².